The number of methoxy groups -OCH3 is 1. The Morgan fingerprint density at radius 3 is 2.60 bits per heavy atom. The Hall–Kier alpha value is -5.96. The van der Waals surface area contributed by atoms with E-state index < -0.39 is 35.5 Å². The Morgan fingerprint density at radius 2 is 1.84 bits per heavy atom. The molecule has 1 aliphatic rings. The zero-order valence-corrected chi connectivity index (χ0v) is 28.7. The molecule has 0 saturated carbocycles. The monoisotopic (exact) mass is 745 g/mol. The van der Waals surface area contributed by atoms with Crippen molar-refractivity contribution in [3.8, 4) is 17.2 Å². The summed E-state index contributed by atoms with van der Waals surface area (Å²) in [5.41, 5.74) is 4.36. The van der Waals surface area contributed by atoms with E-state index in [1.807, 2.05) is 42.5 Å². The molecule has 0 aromatic heterocycles. The van der Waals surface area contributed by atoms with Crippen LogP contribution in [0.15, 0.2) is 93.6 Å². The molecule has 0 spiro atoms. The van der Waals surface area contributed by atoms with Crippen LogP contribution in [0.1, 0.15) is 36.6 Å². The van der Waals surface area contributed by atoms with Crippen LogP contribution < -0.4 is 30.3 Å². The minimum Gasteiger partial charge on any atom is -0.493 e. The lowest BCUT2D eigenvalue weighted by molar-refractivity contribution is -0.386. The van der Waals surface area contributed by atoms with Gasteiger partial charge in [0, 0.05) is 17.3 Å². The van der Waals surface area contributed by atoms with Crippen LogP contribution in [0.3, 0.4) is 0 Å². The van der Waals surface area contributed by atoms with Crippen LogP contribution in [-0.2, 0) is 20.9 Å². The average Bonchev–Trinajstić information content (AvgIpc) is 3.09. The summed E-state index contributed by atoms with van der Waals surface area (Å²) in [6.45, 7) is 3.10. The lowest BCUT2D eigenvalue weighted by Crippen LogP contribution is -2.45. The number of allylic oxidation sites excluding steroid dienone is 1. The molecule has 0 radical (unpaired) electrons. The number of nitro groups is 1. The van der Waals surface area contributed by atoms with Crippen molar-refractivity contribution in [3.63, 3.8) is 0 Å². The number of urea groups is 1. The number of ether oxygens (including phenoxy) is 4. The molecule has 0 unspecified atom stereocenters. The number of benzene rings is 4. The first kappa shape index (κ1) is 35.3. The third-order valence-electron chi connectivity index (χ3n) is 7.54. The van der Waals surface area contributed by atoms with Gasteiger partial charge in [-0.1, -0.05) is 48.5 Å². The maximum absolute atomic E-state index is 12.6. The second-order valence-electron chi connectivity index (χ2n) is 10.8. The maximum atomic E-state index is 12.6. The molecule has 4 aromatic rings. The van der Waals surface area contributed by atoms with Gasteiger partial charge in [-0.05, 0) is 69.9 Å². The van der Waals surface area contributed by atoms with E-state index >= 15 is 0 Å². The molecule has 14 nitrogen and oxygen atoms in total. The third kappa shape index (κ3) is 8.18. The number of hydrazone groups is 1. The molecule has 5 rings (SSSR count). The summed E-state index contributed by atoms with van der Waals surface area (Å²) >= 11 is 3.37. The van der Waals surface area contributed by atoms with Crippen molar-refractivity contribution >= 4 is 56.5 Å². The van der Waals surface area contributed by atoms with E-state index in [1.54, 1.807) is 32.0 Å². The number of hydrogen-bond acceptors (Lipinski definition) is 10. The number of halogens is 1. The molecule has 0 saturated heterocycles. The van der Waals surface area contributed by atoms with E-state index in [-0.39, 0.29) is 41.7 Å². The summed E-state index contributed by atoms with van der Waals surface area (Å²) in [6, 6.07) is 19.9. The van der Waals surface area contributed by atoms with E-state index in [4.69, 9.17) is 18.9 Å². The third-order valence-corrected chi connectivity index (χ3v) is 8.13. The van der Waals surface area contributed by atoms with Gasteiger partial charge in [0.25, 0.3) is 5.91 Å². The fourth-order valence-electron chi connectivity index (χ4n) is 5.28. The first-order chi connectivity index (χ1) is 24.1. The molecule has 0 aliphatic carbocycles. The van der Waals surface area contributed by atoms with E-state index in [9.17, 15) is 24.5 Å². The highest BCUT2D eigenvalue weighted by Gasteiger charge is 2.32. The first-order valence-corrected chi connectivity index (χ1v) is 16.0. The smallest absolute Gasteiger partial charge is 0.338 e. The van der Waals surface area contributed by atoms with Crippen molar-refractivity contribution in [2.75, 3.05) is 20.3 Å². The summed E-state index contributed by atoms with van der Waals surface area (Å²) in [4.78, 5) is 48.8. The highest BCUT2D eigenvalue weighted by molar-refractivity contribution is 9.10. The van der Waals surface area contributed by atoms with Gasteiger partial charge in [-0.3, -0.25) is 14.9 Å². The summed E-state index contributed by atoms with van der Waals surface area (Å²) in [5.74, 6) is -0.685. The molecular formula is C35H32BrN5O9. The summed E-state index contributed by atoms with van der Waals surface area (Å²) in [7, 11) is 1.40. The Labute approximate surface area is 294 Å². The Bertz CT molecular complexity index is 2030. The molecule has 15 heteroatoms. The highest BCUT2D eigenvalue weighted by Crippen LogP contribution is 2.37. The zero-order valence-electron chi connectivity index (χ0n) is 27.2. The largest absolute Gasteiger partial charge is 0.493 e. The number of nitrogens with one attached hydrogen (secondary N) is 3. The van der Waals surface area contributed by atoms with Gasteiger partial charge >= 0.3 is 17.7 Å². The molecule has 1 aliphatic heterocycles. The number of esters is 1. The maximum Gasteiger partial charge on any atom is 0.338 e. The lowest BCUT2D eigenvalue weighted by Gasteiger charge is -2.28. The van der Waals surface area contributed by atoms with Crippen LogP contribution in [0.2, 0.25) is 0 Å². The Morgan fingerprint density at radius 1 is 1.06 bits per heavy atom. The van der Waals surface area contributed by atoms with Crippen LogP contribution in [0.25, 0.3) is 10.8 Å². The van der Waals surface area contributed by atoms with Gasteiger partial charge in [-0.15, -0.1) is 0 Å². The van der Waals surface area contributed by atoms with Gasteiger partial charge in [-0.2, -0.15) is 5.10 Å². The predicted molar refractivity (Wildman–Crippen MR) is 187 cm³/mol. The molecule has 3 N–H and O–H groups in total. The van der Waals surface area contributed by atoms with Gasteiger partial charge < -0.3 is 29.6 Å². The van der Waals surface area contributed by atoms with Crippen molar-refractivity contribution in [2.45, 2.75) is 26.5 Å². The second-order valence-corrected chi connectivity index (χ2v) is 11.7. The first-order valence-electron chi connectivity index (χ1n) is 15.2. The number of nitrogens with zero attached hydrogens (tertiary/aromatic N) is 2. The van der Waals surface area contributed by atoms with E-state index in [0.717, 1.165) is 16.3 Å². The molecule has 0 fully saturated rings. The van der Waals surface area contributed by atoms with E-state index in [0.29, 0.717) is 21.3 Å². The number of nitro benzene ring substituents is 1. The van der Waals surface area contributed by atoms with Crippen LogP contribution in [0.5, 0.6) is 17.2 Å². The van der Waals surface area contributed by atoms with Crippen LogP contribution in [0.4, 0.5) is 10.5 Å². The summed E-state index contributed by atoms with van der Waals surface area (Å²) in [5, 5.41) is 23.1. The van der Waals surface area contributed by atoms with Crippen LogP contribution in [-0.4, -0.2) is 49.4 Å². The molecule has 50 heavy (non-hydrogen) atoms. The quantitative estimate of drug-likeness (QED) is 0.0658. The molecule has 1 atom stereocenters. The van der Waals surface area contributed by atoms with Crippen molar-refractivity contribution in [2.24, 2.45) is 5.10 Å². The molecule has 1 heterocycles. The fourth-order valence-corrected chi connectivity index (χ4v) is 5.86. The van der Waals surface area contributed by atoms with Crippen molar-refractivity contribution in [1.82, 2.24) is 16.1 Å². The van der Waals surface area contributed by atoms with Crippen LogP contribution >= 0.6 is 15.9 Å². The number of amides is 3. The van der Waals surface area contributed by atoms with Crippen LogP contribution in [0, 0.1) is 10.1 Å². The molecular weight excluding hydrogens is 714 g/mol. The molecule has 3 amide bonds. The standard InChI is InChI=1S/C35H32BrN5O9/c1-4-48-34(43)31-20(2)38-35(44)39-32(31)23-12-13-28(29(16-23)47-3)49-19-30(42)40-37-17-21-14-26(36)33(27(15-21)41(45)46)50-18-24-10-7-9-22-8-5-6-11-25(22)24/h5-17,32H,4,18-19H2,1-3H3,(H,40,42)(H2,38,39,44)/b37-17+/t32-/m0/s1. The number of carbonyl (C=O) groups excluding carboxylic acids is 3. The normalized spacial score (nSPS) is 14.2. The minimum atomic E-state index is -0.816. The summed E-state index contributed by atoms with van der Waals surface area (Å²) < 4.78 is 22.5. The summed E-state index contributed by atoms with van der Waals surface area (Å²) in [6.07, 6.45) is 1.25. The highest BCUT2D eigenvalue weighted by atomic mass is 79.9. The fraction of sp³-hybridized carbons (Fsp3) is 0.200. The predicted octanol–water partition coefficient (Wildman–Crippen LogP) is 5.82. The van der Waals surface area contributed by atoms with Gasteiger partial charge in [-0.25, -0.2) is 15.0 Å². The van der Waals surface area contributed by atoms with Crippen molar-refractivity contribution in [1.29, 1.82) is 0 Å². The molecule has 4 aromatic carbocycles. The topological polar surface area (TPSA) is 180 Å². The lowest BCUT2D eigenvalue weighted by atomic mass is 9.95. The SMILES string of the molecule is CCOC(=O)C1=C(C)NC(=O)N[C@H]1c1ccc(OCC(=O)N/N=C/c2cc(Br)c(OCc3cccc4ccccc34)c([N+](=O)[O-])c2)c(OC)c1. The minimum absolute atomic E-state index is 0.0586. The number of carbonyl (C=O) groups is 3. The molecule has 0 bridgehead atoms. The second kappa shape index (κ2) is 16.0. The number of rotatable bonds is 13. The Balaban J connectivity index is 1.22. The zero-order chi connectivity index (χ0) is 35.8. The number of fused-ring (bicyclic) bond motifs is 1. The van der Waals surface area contributed by atoms with Gasteiger partial charge in [0.15, 0.2) is 18.1 Å². The van der Waals surface area contributed by atoms with Crippen molar-refractivity contribution in [3.05, 3.63) is 115 Å². The Kier molecular flexibility index (Phi) is 11.3. The van der Waals surface area contributed by atoms with Gasteiger partial charge in [0.2, 0.25) is 5.75 Å². The van der Waals surface area contributed by atoms with Gasteiger partial charge in [0.05, 0.1) is 40.9 Å². The van der Waals surface area contributed by atoms with E-state index in [2.05, 4.69) is 37.1 Å². The van der Waals surface area contributed by atoms with Crippen molar-refractivity contribution < 1.29 is 38.3 Å². The van der Waals surface area contributed by atoms with E-state index in [1.165, 1.54) is 25.5 Å². The molecule has 258 valence electrons. The number of hydrogen-bond donors (Lipinski definition) is 3. The van der Waals surface area contributed by atoms with Gasteiger partial charge in [0.1, 0.15) is 6.61 Å². The average molecular weight is 747 g/mol.